The van der Waals surface area contributed by atoms with Crippen LogP contribution in [0.25, 0.3) is 0 Å². The Labute approximate surface area is 149 Å². The van der Waals surface area contributed by atoms with Crippen LogP contribution in [0.4, 0.5) is 13.2 Å². The van der Waals surface area contributed by atoms with Gasteiger partial charge in [0.25, 0.3) is 0 Å². The van der Waals surface area contributed by atoms with E-state index in [2.05, 4.69) is 15.4 Å². The van der Waals surface area contributed by atoms with Gasteiger partial charge in [-0.05, 0) is 13.3 Å². The number of aliphatic hydroxyl groups excluding tert-OH is 1. The summed E-state index contributed by atoms with van der Waals surface area (Å²) < 4.78 is 39.8. The lowest BCUT2D eigenvalue weighted by atomic mass is 10.2. The van der Waals surface area contributed by atoms with Crippen molar-refractivity contribution in [2.75, 3.05) is 19.6 Å². The number of aryl methyl sites for hydroxylation is 1. The minimum Gasteiger partial charge on any atom is -0.391 e. The fourth-order valence-electron chi connectivity index (χ4n) is 2.41. The Hall–Kier alpha value is -1.04. The lowest BCUT2D eigenvalue weighted by molar-refractivity contribution is -0.142. The molecule has 0 aromatic carbocycles. The van der Waals surface area contributed by atoms with Crippen molar-refractivity contribution >= 4 is 29.9 Å². The minimum atomic E-state index is -4.49. The van der Waals surface area contributed by atoms with Gasteiger partial charge < -0.3 is 15.3 Å². The van der Waals surface area contributed by atoms with E-state index in [1.165, 1.54) is 13.2 Å². The number of rotatable bonds is 3. The standard InChI is InChI=1S/C13H20F3N5O.HI/c1-3-17-12(21-5-4-10(22)8-21)18-6-9-7-20(2)19-11(9)13(14,15)16;/h7,10,22H,3-6,8H2,1-2H3,(H,17,18);1H/t10-;/m1./s1. The summed E-state index contributed by atoms with van der Waals surface area (Å²) in [4.78, 5) is 6.10. The Morgan fingerprint density at radius 1 is 1.52 bits per heavy atom. The SMILES string of the molecule is CCNC(=NCc1cn(C)nc1C(F)(F)F)N1CC[C@@H](O)C1.I. The molecule has 10 heteroatoms. The van der Waals surface area contributed by atoms with Gasteiger partial charge in [0, 0.05) is 38.4 Å². The fourth-order valence-corrected chi connectivity index (χ4v) is 2.41. The van der Waals surface area contributed by atoms with Crippen molar-refractivity contribution in [3.8, 4) is 0 Å². The molecule has 0 unspecified atom stereocenters. The molecule has 23 heavy (non-hydrogen) atoms. The average molecular weight is 447 g/mol. The summed E-state index contributed by atoms with van der Waals surface area (Å²) in [6.07, 6.45) is -2.96. The van der Waals surface area contributed by atoms with Crippen LogP contribution in [0.5, 0.6) is 0 Å². The third-order valence-corrected chi connectivity index (χ3v) is 3.37. The number of nitrogens with one attached hydrogen (secondary N) is 1. The van der Waals surface area contributed by atoms with Crippen molar-refractivity contribution in [3.05, 3.63) is 17.5 Å². The maximum Gasteiger partial charge on any atom is 0.435 e. The number of nitrogens with zero attached hydrogens (tertiary/aromatic N) is 4. The summed E-state index contributed by atoms with van der Waals surface area (Å²) in [5, 5.41) is 16.1. The van der Waals surface area contributed by atoms with Crippen LogP contribution in [0.15, 0.2) is 11.2 Å². The summed E-state index contributed by atoms with van der Waals surface area (Å²) in [6, 6.07) is 0. The van der Waals surface area contributed by atoms with Gasteiger partial charge in [0.15, 0.2) is 11.7 Å². The van der Waals surface area contributed by atoms with Gasteiger partial charge in [-0.2, -0.15) is 18.3 Å². The molecule has 0 saturated carbocycles. The monoisotopic (exact) mass is 447 g/mol. The molecular weight excluding hydrogens is 426 g/mol. The molecule has 1 fully saturated rings. The van der Waals surface area contributed by atoms with Gasteiger partial charge in [-0.15, -0.1) is 24.0 Å². The molecule has 132 valence electrons. The molecule has 6 nitrogen and oxygen atoms in total. The lowest BCUT2D eigenvalue weighted by Gasteiger charge is -2.20. The Balaban J connectivity index is 0.00000264. The van der Waals surface area contributed by atoms with Crippen LogP contribution in [0.2, 0.25) is 0 Å². The van der Waals surface area contributed by atoms with Crippen LogP contribution in [0, 0.1) is 0 Å². The maximum atomic E-state index is 12.9. The molecule has 1 atom stereocenters. The second-order valence-corrected chi connectivity index (χ2v) is 5.23. The summed E-state index contributed by atoms with van der Waals surface area (Å²) in [7, 11) is 1.45. The molecule has 1 aromatic heterocycles. The molecule has 1 aliphatic rings. The van der Waals surface area contributed by atoms with Crippen molar-refractivity contribution in [3.63, 3.8) is 0 Å². The molecule has 0 spiro atoms. The predicted octanol–water partition coefficient (Wildman–Crippen LogP) is 1.59. The van der Waals surface area contributed by atoms with Crippen LogP contribution in [0.3, 0.4) is 0 Å². The van der Waals surface area contributed by atoms with E-state index in [1.807, 2.05) is 11.8 Å². The number of aliphatic imine (C=N–C) groups is 1. The number of aromatic nitrogens is 2. The van der Waals surface area contributed by atoms with E-state index in [4.69, 9.17) is 0 Å². The second-order valence-electron chi connectivity index (χ2n) is 5.23. The van der Waals surface area contributed by atoms with E-state index in [-0.39, 0.29) is 36.1 Å². The van der Waals surface area contributed by atoms with E-state index in [1.54, 1.807) is 0 Å². The first-order chi connectivity index (χ1) is 10.3. The highest BCUT2D eigenvalue weighted by molar-refractivity contribution is 14.0. The fraction of sp³-hybridized carbons (Fsp3) is 0.692. The molecule has 2 rings (SSSR count). The van der Waals surface area contributed by atoms with Gasteiger partial charge >= 0.3 is 6.18 Å². The van der Waals surface area contributed by atoms with Crippen LogP contribution in [-0.4, -0.2) is 51.5 Å². The van der Waals surface area contributed by atoms with Gasteiger partial charge in [-0.1, -0.05) is 0 Å². The topological polar surface area (TPSA) is 65.7 Å². The number of hydrogen-bond acceptors (Lipinski definition) is 3. The minimum absolute atomic E-state index is 0. The summed E-state index contributed by atoms with van der Waals surface area (Å²) in [5.74, 6) is 0.510. The van der Waals surface area contributed by atoms with Crippen molar-refractivity contribution in [2.24, 2.45) is 12.0 Å². The van der Waals surface area contributed by atoms with E-state index in [0.29, 0.717) is 32.0 Å². The summed E-state index contributed by atoms with van der Waals surface area (Å²) in [5.41, 5.74) is -0.874. The molecule has 2 heterocycles. The van der Waals surface area contributed by atoms with E-state index in [0.717, 1.165) is 4.68 Å². The quantitative estimate of drug-likeness (QED) is 0.420. The van der Waals surface area contributed by atoms with E-state index >= 15 is 0 Å². The van der Waals surface area contributed by atoms with Gasteiger partial charge in [0.2, 0.25) is 0 Å². The number of aliphatic hydroxyl groups is 1. The first kappa shape index (κ1) is 20.0. The second kappa shape index (κ2) is 8.18. The zero-order chi connectivity index (χ0) is 16.3. The van der Waals surface area contributed by atoms with Crippen molar-refractivity contribution in [2.45, 2.75) is 32.2 Å². The number of guanidine groups is 1. The highest BCUT2D eigenvalue weighted by atomic mass is 127. The number of alkyl halides is 3. The number of hydrogen-bond donors (Lipinski definition) is 2. The highest BCUT2D eigenvalue weighted by Crippen LogP contribution is 2.30. The average Bonchev–Trinajstić information content (AvgIpc) is 3.00. The van der Waals surface area contributed by atoms with Gasteiger partial charge in [0.05, 0.1) is 12.6 Å². The first-order valence-electron chi connectivity index (χ1n) is 7.12. The lowest BCUT2D eigenvalue weighted by Crippen LogP contribution is -2.40. The first-order valence-corrected chi connectivity index (χ1v) is 7.12. The Morgan fingerprint density at radius 2 is 2.22 bits per heavy atom. The van der Waals surface area contributed by atoms with Crippen molar-refractivity contribution in [1.82, 2.24) is 20.0 Å². The number of halogens is 4. The molecule has 0 amide bonds. The van der Waals surface area contributed by atoms with E-state index in [9.17, 15) is 18.3 Å². The van der Waals surface area contributed by atoms with E-state index < -0.39 is 18.0 Å². The maximum absolute atomic E-state index is 12.9. The smallest absolute Gasteiger partial charge is 0.391 e. The number of β-amino-alcohol motifs (C(OH)–C–C–N with tert-alkyl or cyclic N) is 1. The summed E-state index contributed by atoms with van der Waals surface area (Å²) in [6.45, 7) is 3.44. The molecule has 1 aliphatic heterocycles. The third-order valence-electron chi connectivity index (χ3n) is 3.37. The third kappa shape index (κ3) is 5.23. The van der Waals surface area contributed by atoms with Gasteiger partial charge in [0.1, 0.15) is 0 Å². The Morgan fingerprint density at radius 3 is 2.74 bits per heavy atom. The molecule has 1 saturated heterocycles. The Bertz CT molecular complexity index is 546. The van der Waals surface area contributed by atoms with Crippen molar-refractivity contribution < 1.29 is 18.3 Å². The van der Waals surface area contributed by atoms with Gasteiger partial charge in [-0.25, -0.2) is 4.99 Å². The van der Waals surface area contributed by atoms with Crippen molar-refractivity contribution in [1.29, 1.82) is 0 Å². The molecular formula is C13H21F3IN5O. The molecule has 0 radical (unpaired) electrons. The summed E-state index contributed by atoms with van der Waals surface area (Å²) >= 11 is 0. The van der Waals surface area contributed by atoms with Crippen LogP contribution in [-0.2, 0) is 19.8 Å². The zero-order valence-corrected chi connectivity index (χ0v) is 15.3. The number of likely N-dealkylation sites (tertiary alicyclic amines) is 1. The molecule has 1 aromatic rings. The molecule has 2 N–H and O–H groups in total. The largest absolute Gasteiger partial charge is 0.435 e. The van der Waals surface area contributed by atoms with Crippen LogP contribution in [0.1, 0.15) is 24.6 Å². The molecule has 0 bridgehead atoms. The highest BCUT2D eigenvalue weighted by Gasteiger charge is 2.36. The molecule has 0 aliphatic carbocycles. The normalized spacial score (nSPS) is 19.0. The van der Waals surface area contributed by atoms with Crippen LogP contribution < -0.4 is 5.32 Å². The Kier molecular flexibility index (Phi) is 7.11. The predicted molar refractivity (Wildman–Crippen MR) is 90.6 cm³/mol. The van der Waals surface area contributed by atoms with Crippen LogP contribution >= 0.6 is 24.0 Å². The zero-order valence-electron chi connectivity index (χ0n) is 13.0. The van der Waals surface area contributed by atoms with Gasteiger partial charge in [-0.3, -0.25) is 4.68 Å².